The number of allylic oxidation sites excluding steroid dienone is 1. The molecule has 1 heterocycles. The number of urea groups is 1. The molecule has 4 rings (SSSR count). The molecule has 2 atom stereocenters. The van der Waals surface area contributed by atoms with Gasteiger partial charge in [-0.1, -0.05) is 54.2 Å². The van der Waals surface area contributed by atoms with E-state index in [4.69, 9.17) is 4.84 Å². The third kappa shape index (κ3) is 5.58. The maximum Gasteiger partial charge on any atom is 0.365 e. The maximum absolute atomic E-state index is 14.7. The van der Waals surface area contributed by atoms with Crippen molar-refractivity contribution in [3.05, 3.63) is 83.4 Å². The van der Waals surface area contributed by atoms with Crippen LogP contribution in [0.2, 0.25) is 0 Å². The number of hydrogen-bond acceptors (Lipinski definition) is 5. The average molecular weight is 501 g/mol. The van der Waals surface area contributed by atoms with Gasteiger partial charge in [0.05, 0.1) is 7.11 Å². The lowest BCUT2D eigenvalue weighted by Crippen LogP contribution is -2.47. The van der Waals surface area contributed by atoms with Crippen LogP contribution in [0.5, 0.6) is 0 Å². The fourth-order valence-electron chi connectivity index (χ4n) is 4.35. The van der Waals surface area contributed by atoms with Gasteiger partial charge in [0.1, 0.15) is 21.5 Å². The molecule has 0 saturated heterocycles. The number of nitrogens with zero attached hydrogens (tertiary/aromatic N) is 3. The number of hydrazone groups is 1. The predicted octanol–water partition coefficient (Wildman–Crippen LogP) is 5.62. The summed E-state index contributed by atoms with van der Waals surface area (Å²) >= 11 is 1.26. The number of rotatable bonds is 8. The Morgan fingerprint density at radius 2 is 2.09 bits per heavy atom. The van der Waals surface area contributed by atoms with E-state index in [9.17, 15) is 13.6 Å². The van der Waals surface area contributed by atoms with Crippen molar-refractivity contribution in [3.63, 3.8) is 0 Å². The van der Waals surface area contributed by atoms with Crippen molar-refractivity contribution in [1.82, 2.24) is 15.4 Å². The Bertz CT molecular complexity index is 1100. The van der Waals surface area contributed by atoms with Crippen molar-refractivity contribution in [2.45, 2.75) is 43.0 Å². The molecule has 2 amide bonds. The molecule has 0 radical (unpaired) electrons. The minimum Gasteiger partial charge on any atom is -0.311 e. The highest BCUT2D eigenvalue weighted by Gasteiger charge is 2.49. The van der Waals surface area contributed by atoms with Crippen molar-refractivity contribution >= 4 is 22.8 Å². The summed E-state index contributed by atoms with van der Waals surface area (Å²) in [5.41, 5.74) is 0.868. The van der Waals surface area contributed by atoms with Gasteiger partial charge in [-0.2, -0.15) is 10.1 Å². The van der Waals surface area contributed by atoms with Crippen molar-refractivity contribution < 1.29 is 18.4 Å². The molecule has 35 heavy (non-hydrogen) atoms. The largest absolute Gasteiger partial charge is 0.365 e. The summed E-state index contributed by atoms with van der Waals surface area (Å²) < 4.78 is 28.8. The van der Waals surface area contributed by atoms with E-state index < -0.39 is 22.5 Å². The summed E-state index contributed by atoms with van der Waals surface area (Å²) in [7, 11) is 2.89. The number of carbonyl (C=O) groups is 1. The van der Waals surface area contributed by atoms with Crippen LogP contribution >= 0.6 is 11.8 Å². The van der Waals surface area contributed by atoms with Crippen LogP contribution in [0, 0.1) is 11.6 Å². The van der Waals surface area contributed by atoms with Gasteiger partial charge in [-0.25, -0.2) is 18.6 Å². The monoisotopic (exact) mass is 500 g/mol. The molecule has 186 valence electrons. The van der Waals surface area contributed by atoms with Crippen LogP contribution in [0.1, 0.15) is 43.2 Å². The second-order valence-electron chi connectivity index (χ2n) is 8.58. The lowest BCUT2D eigenvalue weighted by Gasteiger charge is -2.37. The average Bonchev–Trinajstić information content (AvgIpc) is 3.28. The van der Waals surface area contributed by atoms with Crippen LogP contribution in [0.3, 0.4) is 0 Å². The molecule has 0 fully saturated rings. The molecule has 6 nitrogen and oxygen atoms in total. The molecule has 1 aliphatic heterocycles. The highest BCUT2D eigenvalue weighted by Crippen LogP contribution is 2.51. The van der Waals surface area contributed by atoms with Crippen molar-refractivity contribution in [2.24, 2.45) is 5.10 Å². The number of thioether (sulfide) groups is 1. The van der Waals surface area contributed by atoms with Gasteiger partial charge in [0, 0.05) is 18.7 Å². The minimum absolute atomic E-state index is 0.0242. The van der Waals surface area contributed by atoms with Crippen molar-refractivity contribution in [2.75, 3.05) is 20.7 Å². The number of amides is 2. The van der Waals surface area contributed by atoms with E-state index in [1.165, 1.54) is 37.3 Å². The van der Waals surface area contributed by atoms with Crippen LogP contribution in [-0.4, -0.2) is 47.9 Å². The Morgan fingerprint density at radius 1 is 1.29 bits per heavy atom. The first kappa shape index (κ1) is 25.3. The number of halogens is 2. The zero-order chi connectivity index (χ0) is 24.8. The molecule has 1 aliphatic carbocycles. The Balaban J connectivity index is 1.67. The van der Waals surface area contributed by atoms with E-state index in [1.54, 1.807) is 0 Å². The van der Waals surface area contributed by atoms with Gasteiger partial charge in [0.2, 0.25) is 0 Å². The van der Waals surface area contributed by atoms with Crippen LogP contribution in [0.15, 0.2) is 65.8 Å². The van der Waals surface area contributed by atoms with Gasteiger partial charge in [0.15, 0.2) is 0 Å². The van der Waals surface area contributed by atoms with Gasteiger partial charge in [0.25, 0.3) is 0 Å². The highest BCUT2D eigenvalue weighted by molar-refractivity contribution is 8.15. The van der Waals surface area contributed by atoms with E-state index >= 15 is 0 Å². The molecule has 0 aromatic heterocycles. The zero-order valence-electron chi connectivity index (χ0n) is 19.9. The van der Waals surface area contributed by atoms with Crippen LogP contribution in [0.25, 0.3) is 0 Å². The summed E-state index contributed by atoms with van der Waals surface area (Å²) in [5, 5.41) is 10.8. The van der Waals surface area contributed by atoms with Gasteiger partial charge in [-0.15, -0.1) is 0 Å². The molecule has 2 aromatic carbocycles. The highest BCUT2D eigenvalue weighted by atomic mass is 32.2. The van der Waals surface area contributed by atoms with Crippen molar-refractivity contribution in [1.29, 1.82) is 0 Å². The summed E-state index contributed by atoms with van der Waals surface area (Å²) in [6, 6.07) is 12.6. The Hall–Kier alpha value is -2.75. The SMILES string of the molecule is CON(C)C(=O)N1N=C(c2cc(F)ccc2F)SC1(CCCNC1C=CCCC1)c1ccccc1. The molecule has 9 heteroatoms. The van der Waals surface area contributed by atoms with E-state index in [2.05, 4.69) is 22.6 Å². The first-order valence-electron chi connectivity index (χ1n) is 11.8. The van der Waals surface area contributed by atoms with Gasteiger partial charge in [-0.05, 0) is 62.4 Å². The maximum atomic E-state index is 14.7. The molecule has 2 aliphatic rings. The van der Waals surface area contributed by atoms with Gasteiger partial charge >= 0.3 is 6.03 Å². The van der Waals surface area contributed by atoms with E-state index in [-0.39, 0.29) is 10.6 Å². The molecule has 2 unspecified atom stereocenters. The Morgan fingerprint density at radius 3 is 2.80 bits per heavy atom. The topological polar surface area (TPSA) is 57.2 Å². The summed E-state index contributed by atoms with van der Waals surface area (Å²) in [5.74, 6) is -1.17. The molecule has 0 spiro atoms. The third-order valence-corrected chi connectivity index (χ3v) is 7.71. The van der Waals surface area contributed by atoms with Crippen LogP contribution in [-0.2, 0) is 9.71 Å². The summed E-state index contributed by atoms with van der Waals surface area (Å²) in [4.78, 5) is 17.6. The minimum atomic E-state index is -0.955. The first-order valence-corrected chi connectivity index (χ1v) is 12.6. The second-order valence-corrected chi connectivity index (χ2v) is 9.85. The fraction of sp³-hybridized carbons (Fsp3) is 0.385. The lowest BCUT2D eigenvalue weighted by atomic mass is 9.99. The van der Waals surface area contributed by atoms with Gasteiger partial charge < -0.3 is 5.32 Å². The standard InChI is InChI=1S/C26H30F2N4O2S/c1-31(34-2)25(33)32-26(19-10-5-3-6-11-19,16-9-17-29-21-12-7-4-8-13-21)35-24(30-32)22-18-20(27)14-15-23(22)28/h3,5-7,10-12,14-15,18,21,29H,4,8-9,13,16-17H2,1-2H3. The quantitative estimate of drug-likeness (QED) is 0.290. The second kappa shape index (κ2) is 11.3. The smallest absolute Gasteiger partial charge is 0.311 e. The number of hydrogen-bond donors (Lipinski definition) is 1. The van der Waals surface area contributed by atoms with Gasteiger partial charge in [-0.3, -0.25) is 4.84 Å². The normalized spacial score (nSPS) is 21.8. The predicted molar refractivity (Wildman–Crippen MR) is 135 cm³/mol. The third-order valence-electron chi connectivity index (χ3n) is 6.26. The lowest BCUT2D eigenvalue weighted by molar-refractivity contribution is -0.0805. The van der Waals surface area contributed by atoms with Crippen LogP contribution in [0.4, 0.5) is 13.6 Å². The number of hydroxylamine groups is 2. The van der Waals surface area contributed by atoms with Crippen molar-refractivity contribution in [3.8, 4) is 0 Å². The molecule has 0 bridgehead atoms. The molecule has 2 aromatic rings. The molecule has 0 saturated carbocycles. The number of carbonyl (C=O) groups excluding carboxylic acids is 1. The molecular formula is C26H30F2N4O2S. The first-order chi connectivity index (χ1) is 16.9. The summed E-state index contributed by atoms with van der Waals surface area (Å²) in [6.45, 7) is 0.746. The molecule has 1 N–H and O–H groups in total. The van der Waals surface area contributed by atoms with Crippen LogP contribution < -0.4 is 5.32 Å². The van der Waals surface area contributed by atoms with E-state index in [0.29, 0.717) is 12.5 Å². The zero-order valence-corrected chi connectivity index (χ0v) is 20.7. The van der Waals surface area contributed by atoms with E-state index in [1.807, 2.05) is 30.3 Å². The number of benzene rings is 2. The number of nitrogens with one attached hydrogen (secondary N) is 1. The van der Waals surface area contributed by atoms with E-state index in [0.717, 1.165) is 54.6 Å². The fourth-order valence-corrected chi connectivity index (χ4v) is 5.77. The Kier molecular flexibility index (Phi) is 8.20. The molecular weight excluding hydrogens is 470 g/mol. The summed E-state index contributed by atoms with van der Waals surface area (Å²) in [6.07, 6.45) is 9.07. The Labute approximate surface area is 209 Å².